The van der Waals surface area contributed by atoms with Crippen LogP contribution in [0.2, 0.25) is 0 Å². The van der Waals surface area contributed by atoms with Crippen LogP contribution in [0.5, 0.6) is 0 Å². The summed E-state index contributed by atoms with van der Waals surface area (Å²) in [5, 5.41) is 8.69. The summed E-state index contributed by atoms with van der Waals surface area (Å²) in [6.45, 7) is 6.23. The van der Waals surface area contributed by atoms with Gasteiger partial charge >= 0.3 is 5.97 Å². The molecule has 2 atom stereocenters. The standard InChI is InChI=1S/C15H18FNO2/c1-10-8-17(9-11(10)2)14-5-4-13(16)7-12(14)3-6-15(18)19/h3-7,10-11H,8-9H2,1-2H3,(H,18,19). The molecule has 102 valence electrons. The van der Waals surface area contributed by atoms with Crippen molar-refractivity contribution in [2.24, 2.45) is 11.8 Å². The van der Waals surface area contributed by atoms with Crippen molar-refractivity contribution in [1.82, 2.24) is 0 Å². The molecule has 1 aromatic rings. The van der Waals surface area contributed by atoms with Gasteiger partial charge in [-0.1, -0.05) is 13.8 Å². The summed E-state index contributed by atoms with van der Waals surface area (Å²) in [5.41, 5.74) is 1.51. The molecule has 0 radical (unpaired) electrons. The van der Waals surface area contributed by atoms with Gasteiger partial charge in [-0.3, -0.25) is 0 Å². The maximum absolute atomic E-state index is 13.3. The molecule has 1 aromatic carbocycles. The molecule has 1 saturated heterocycles. The molecule has 0 spiro atoms. The lowest BCUT2D eigenvalue weighted by molar-refractivity contribution is -0.131. The monoisotopic (exact) mass is 263 g/mol. The van der Waals surface area contributed by atoms with Gasteiger partial charge in [-0.2, -0.15) is 0 Å². The number of carboxylic acids is 1. The topological polar surface area (TPSA) is 40.5 Å². The predicted molar refractivity (Wildman–Crippen MR) is 73.6 cm³/mol. The van der Waals surface area contributed by atoms with E-state index in [0.29, 0.717) is 17.4 Å². The molecule has 1 fully saturated rings. The Morgan fingerprint density at radius 1 is 1.37 bits per heavy atom. The molecule has 0 aliphatic carbocycles. The van der Waals surface area contributed by atoms with E-state index in [2.05, 4.69) is 18.7 Å². The molecule has 0 amide bonds. The average molecular weight is 263 g/mol. The van der Waals surface area contributed by atoms with Gasteiger partial charge in [-0.25, -0.2) is 9.18 Å². The molecule has 0 saturated carbocycles. The molecular weight excluding hydrogens is 245 g/mol. The third-order valence-corrected chi connectivity index (χ3v) is 3.72. The van der Waals surface area contributed by atoms with Gasteiger partial charge in [-0.05, 0) is 36.1 Å². The Morgan fingerprint density at radius 2 is 2.00 bits per heavy atom. The average Bonchev–Trinajstić information content (AvgIpc) is 2.67. The Hall–Kier alpha value is -1.84. The number of hydrogen-bond donors (Lipinski definition) is 1. The van der Waals surface area contributed by atoms with Crippen molar-refractivity contribution in [2.75, 3.05) is 18.0 Å². The van der Waals surface area contributed by atoms with Crippen LogP contribution in [0.4, 0.5) is 10.1 Å². The Labute approximate surface area is 112 Å². The van der Waals surface area contributed by atoms with Gasteiger partial charge in [0.25, 0.3) is 0 Å². The molecular formula is C15H18FNO2. The van der Waals surface area contributed by atoms with Crippen LogP contribution < -0.4 is 4.90 Å². The van der Waals surface area contributed by atoms with Crippen LogP contribution in [0.1, 0.15) is 19.4 Å². The first-order valence-corrected chi connectivity index (χ1v) is 6.43. The Kier molecular flexibility index (Phi) is 3.88. The van der Waals surface area contributed by atoms with Gasteiger partial charge in [0, 0.05) is 30.4 Å². The highest BCUT2D eigenvalue weighted by Crippen LogP contribution is 2.31. The lowest BCUT2D eigenvalue weighted by atomic mass is 10.0. The highest BCUT2D eigenvalue weighted by atomic mass is 19.1. The van der Waals surface area contributed by atoms with E-state index in [0.717, 1.165) is 24.9 Å². The van der Waals surface area contributed by atoms with Crippen LogP contribution in [0.3, 0.4) is 0 Å². The van der Waals surface area contributed by atoms with Gasteiger partial charge in [0.1, 0.15) is 5.82 Å². The number of benzene rings is 1. The second kappa shape index (κ2) is 5.43. The summed E-state index contributed by atoms with van der Waals surface area (Å²) < 4.78 is 13.3. The number of rotatable bonds is 3. The van der Waals surface area contributed by atoms with E-state index in [1.165, 1.54) is 18.2 Å². The van der Waals surface area contributed by atoms with Crippen LogP contribution in [0.15, 0.2) is 24.3 Å². The summed E-state index contributed by atoms with van der Waals surface area (Å²) >= 11 is 0. The second-order valence-electron chi connectivity index (χ2n) is 5.23. The maximum Gasteiger partial charge on any atom is 0.328 e. The maximum atomic E-state index is 13.3. The first kappa shape index (κ1) is 13.6. The highest BCUT2D eigenvalue weighted by Gasteiger charge is 2.27. The lowest BCUT2D eigenvalue weighted by Gasteiger charge is -2.21. The third kappa shape index (κ3) is 3.13. The number of nitrogens with zero attached hydrogens (tertiary/aromatic N) is 1. The molecule has 1 heterocycles. The summed E-state index contributed by atoms with van der Waals surface area (Å²) in [6, 6.07) is 4.52. The molecule has 2 unspecified atom stereocenters. The Balaban J connectivity index is 2.32. The van der Waals surface area contributed by atoms with Gasteiger partial charge < -0.3 is 10.0 Å². The number of carbonyl (C=O) groups is 1. The molecule has 0 bridgehead atoms. The van der Waals surface area contributed by atoms with Crippen molar-refractivity contribution >= 4 is 17.7 Å². The second-order valence-corrected chi connectivity index (χ2v) is 5.23. The number of carboxylic acid groups (broad SMARTS) is 1. The first-order valence-electron chi connectivity index (χ1n) is 6.43. The summed E-state index contributed by atoms with van der Waals surface area (Å²) in [7, 11) is 0. The normalized spacial score (nSPS) is 23.2. The molecule has 3 nitrogen and oxygen atoms in total. The van der Waals surface area contributed by atoms with Gasteiger partial charge in [-0.15, -0.1) is 0 Å². The van der Waals surface area contributed by atoms with E-state index in [4.69, 9.17) is 5.11 Å². The smallest absolute Gasteiger partial charge is 0.328 e. The summed E-state index contributed by atoms with van der Waals surface area (Å²) in [5.74, 6) is -0.213. The minimum Gasteiger partial charge on any atom is -0.478 e. The zero-order chi connectivity index (χ0) is 14.0. The van der Waals surface area contributed by atoms with Crippen molar-refractivity contribution < 1.29 is 14.3 Å². The van der Waals surface area contributed by atoms with Crippen LogP contribution in [-0.4, -0.2) is 24.2 Å². The van der Waals surface area contributed by atoms with E-state index in [-0.39, 0.29) is 5.82 Å². The van der Waals surface area contributed by atoms with E-state index >= 15 is 0 Å². The van der Waals surface area contributed by atoms with Crippen molar-refractivity contribution in [3.8, 4) is 0 Å². The van der Waals surface area contributed by atoms with E-state index < -0.39 is 5.97 Å². The largest absolute Gasteiger partial charge is 0.478 e. The molecule has 1 aliphatic rings. The van der Waals surface area contributed by atoms with Gasteiger partial charge in [0.05, 0.1) is 0 Å². The number of hydrogen-bond acceptors (Lipinski definition) is 2. The zero-order valence-corrected chi connectivity index (χ0v) is 11.1. The number of halogens is 1. The van der Waals surface area contributed by atoms with Gasteiger partial charge in [0.15, 0.2) is 0 Å². The zero-order valence-electron chi connectivity index (χ0n) is 11.1. The number of aliphatic carboxylic acids is 1. The molecule has 1 aliphatic heterocycles. The quantitative estimate of drug-likeness (QED) is 0.852. The Bertz CT molecular complexity index is 503. The van der Waals surface area contributed by atoms with E-state index in [9.17, 15) is 9.18 Å². The van der Waals surface area contributed by atoms with Crippen LogP contribution in [0, 0.1) is 17.7 Å². The Morgan fingerprint density at radius 3 is 2.58 bits per heavy atom. The molecule has 0 aromatic heterocycles. The summed E-state index contributed by atoms with van der Waals surface area (Å²) in [6.07, 6.45) is 2.50. The lowest BCUT2D eigenvalue weighted by Crippen LogP contribution is -2.20. The fraction of sp³-hybridized carbons (Fsp3) is 0.400. The summed E-state index contributed by atoms with van der Waals surface area (Å²) in [4.78, 5) is 12.8. The molecule has 2 rings (SSSR count). The minimum absolute atomic E-state index is 0.353. The predicted octanol–water partition coefficient (Wildman–Crippen LogP) is 3.02. The van der Waals surface area contributed by atoms with Crippen molar-refractivity contribution in [3.63, 3.8) is 0 Å². The van der Waals surface area contributed by atoms with Gasteiger partial charge in [0.2, 0.25) is 0 Å². The first-order chi connectivity index (χ1) is 8.97. The van der Waals surface area contributed by atoms with Crippen LogP contribution in [0.25, 0.3) is 6.08 Å². The molecule has 19 heavy (non-hydrogen) atoms. The fourth-order valence-electron chi connectivity index (χ4n) is 2.43. The SMILES string of the molecule is CC1CN(c2ccc(F)cc2C=CC(=O)O)CC1C. The van der Waals surface area contributed by atoms with Crippen molar-refractivity contribution in [1.29, 1.82) is 0 Å². The highest BCUT2D eigenvalue weighted by molar-refractivity contribution is 5.87. The van der Waals surface area contributed by atoms with Crippen LogP contribution in [-0.2, 0) is 4.79 Å². The third-order valence-electron chi connectivity index (χ3n) is 3.72. The van der Waals surface area contributed by atoms with E-state index in [1.54, 1.807) is 6.07 Å². The minimum atomic E-state index is -1.03. The van der Waals surface area contributed by atoms with Crippen molar-refractivity contribution in [3.05, 3.63) is 35.7 Å². The van der Waals surface area contributed by atoms with Crippen molar-refractivity contribution in [2.45, 2.75) is 13.8 Å². The van der Waals surface area contributed by atoms with Crippen LogP contribution >= 0.6 is 0 Å². The fourth-order valence-corrected chi connectivity index (χ4v) is 2.43. The van der Waals surface area contributed by atoms with E-state index in [1.807, 2.05) is 0 Å². The molecule has 4 heteroatoms. The number of anilines is 1. The molecule has 1 N–H and O–H groups in total.